The molecule has 116 valence electrons. The summed E-state index contributed by atoms with van der Waals surface area (Å²) in [6.07, 6.45) is 13.1. The number of amides is 2. The van der Waals surface area contributed by atoms with Crippen LogP contribution in [0.4, 0.5) is 4.79 Å². The molecule has 0 heterocycles. The topological polar surface area (TPSA) is 67.4 Å². The van der Waals surface area contributed by atoms with Crippen molar-refractivity contribution in [1.82, 2.24) is 10.6 Å². The van der Waals surface area contributed by atoms with Crippen LogP contribution in [0.5, 0.6) is 0 Å². The van der Waals surface area contributed by atoms with Gasteiger partial charge in [0, 0.05) is 32.4 Å². The van der Waals surface area contributed by atoms with E-state index in [1.165, 1.54) is 0 Å². The van der Waals surface area contributed by atoms with E-state index in [0.717, 1.165) is 12.8 Å². The highest BCUT2D eigenvalue weighted by molar-refractivity contribution is 5.76. The first-order chi connectivity index (χ1) is 10.1. The average Bonchev–Trinajstić information content (AvgIpc) is 2.44. The SMILES string of the molecule is C#CCC(CC#C)CC(=O)NCCNC(=O)OCCCC. The molecule has 5 nitrogen and oxygen atoms in total. The van der Waals surface area contributed by atoms with Crippen molar-refractivity contribution in [2.45, 2.75) is 39.0 Å². The lowest BCUT2D eigenvalue weighted by atomic mass is 9.98. The molecule has 0 aromatic carbocycles. The minimum absolute atomic E-state index is 0.00645. The summed E-state index contributed by atoms with van der Waals surface area (Å²) in [5.41, 5.74) is 0. The molecule has 0 atom stereocenters. The normalized spacial score (nSPS) is 9.52. The Hall–Kier alpha value is -2.14. The molecule has 2 N–H and O–H groups in total. The van der Waals surface area contributed by atoms with E-state index in [1.54, 1.807) is 0 Å². The number of alkyl carbamates (subject to hydrolysis) is 1. The van der Waals surface area contributed by atoms with Crippen molar-refractivity contribution >= 4 is 12.0 Å². The van der Waals surface area contributed by atoms with Crippen LogP contribution < -0.4 is 10.6 Å². The largest absolute Gasteiger partial charge is 0.450 e. The molecule has 0 aliphatic rings. The molecule has 0 unspecified atom stereocenters. The standard InChI is InChI=1S/C16H24N2O3/c1-4-7-12-21-16(20)18-11-10-17-15(19)13-14(8-5-2)9-6-3/h2-3,14H,4,7-13H2,1H3,(H,17,19)(H,18,20). The molecule has 0 aliphatic heterocycles. The Morgan fingerprint density at radius 1 is 1.14 bits per heavy atom. The summed E-state index contributed by atoms with van der Waals surface area (Å²) >= 11 is 0. The summed E-state index contributed by atoms with van der Waals surface area (Å²) in [4.78, 5) is 22.9. The van der Waals surface area contributed by atoms with Gasteiger partial charge in [-0.15, -0.1) is 24.7 Å². The molecule has 0 aromatic rings. The monoisotopic (exact) mass is 292 g/mol. The molecule has 0 saturated carbocycles. The van der Waals surface area contributed by atoms with Crippen LogP contribution in [0.25, 0.3) is 0 Å². The first-order valence-corrected chi connectivity index (χ1v) is 7.18. The number of unbranched alkanes of at least 4 members (excludes halogenated alkanes) is 1. The molecular formula is C16H24N2O3. The molecule has 0 aliphatic carbocycles. The lowest BCUT2D eigenvalue weighted by molar-refractivity contribution is -0.121. The number of hydrogen-bond donors (Lipinski definition) is 2. The van der Waals surface area contributed by atoms with Gasteiger partial charge in [-0.2, -0.15) is 0 Å². The molecule has 21 heavy (non-hydrogen) atoms. The maximum absolute atomic E-state index is 11.7. The summed E-state index contributed by atoms with van der Waals surface area (Å²) in [6.45, 7) is 3.10. The summed E-state index contributed by atoms with van der Waals surface area (Å²) in [6, 6.07) is 0. The highest BCUT2D eigenvalue weighted by atomic mass is 16.5. The van der Waals surface area contributed by atoms with Gasteiger partial charge in [-0.1, -0.05) is 13.3 Å². The Balaban J connectivity index is 3.72. The van der Waals surface area contributed by atoms with Crippen molar-refractivity contribution in [2.75, 3.05) is 19.7 Å². The molecule has 2 amide bonds. The van der Waals surface area contributed by atoms with Crippen LogP contribution >= 0.6 is 0 Å². The smallest absolute Gasteiger partial charge is 0.407 e. The van der Waals surface area contributed by atoms with Gasteiger partial charge in [0.25, 0.3) is 0 Å². The van der Waals surface area contributed by atoms with E-state index in [4.69, 9.17) is 17.6 Å². The van der Waals surface area contributed by atoms with Gasteiger partial charge in [-0.3, -0.25) is 4.79 Å². The van der Waals surface area contributed by atoms with Crippen molar-refractivity contribution in [3.05, 3.63) is 0 Å². The Bertz CT molecular complexity index is 377. The van der Waals surface area contributed by atoms with Crippen molar-refractivity contribution in [1.29, 1.82) is 0 Å². The predicted molar refractivity (Wildman–Crippen MR) is 82.3 cm³/mol. The minimum Gasteiger partial charge on any atom is -0.450 e. The fourth-order valence-electron chi connectivity index (χ4n) is 1.61. The highest BCUT2D eigenvalue weighted by Crippen LogP contribution is 2.11. The number of ether oxygens (including phenoxy) is 1. The second-order valence-electron chi connectivity index (χ2n) is 4.65. The number of carbonyl (C=O) groups excluding carboxylic acids is 2. The molecule has 0 spiro atoms. The van der Waals surface area contributed by atoms with E-state index in [0.29, 0.717) is 39.0 Å². The highest BCUT2D eigenvalue weighted by Gasteiger charge is 2.11. The second kappa shape index (κ2) is 12.9. The zero-order valence-electron chi connectivity index (χ0n) is 12.6. The maximum Gasteiger partial charge on any atom is 0.407 e. The third kappa shape index (κ3) is 11.4. The van der Waals surface area contributed by atoms with E-state index in [9.17, 15) is 9.59 Å². The fraction of sp³-hybridized carbons (Fsp3) is 0.625. The van der Waals surface area contributed by atoms with Crippen molar-refractivity contribution in [3.63, 3.8) is 0 Å². The molecule has 5 heteroatoms. The third-order valence-corrected chi connectivity index (χ3v) is 2.73. The average molecular weight is 292 g/mol. The van der Waals surface area contributed by atoms with Crippen LogP contribution in [0.1, 0.15) is 39.0 Å². The molecular weight excluding hydrogens is 268 g/mol. The number of nitrogens with one attached hydrogen (secondary N) is 2. The van der Waals surface area contributed by atoms with Gasteiger partial charge in [0.2, 0.25) is 5.91 Å². The quantitative estimate of drug-likeness (QED) is 0.475. The van der Waals surface area contributed by atoms with Gasteiger partial charge in [0.1, 0.15) is 0 Å². The summed E-state index contributed by atoms with van der Waals surface area (Å²) in [7, 11) is 0. The van der Waals surface area contributed by atoms with E-state index >= 15 is 0 Å². The minimum atomic E-state index is -0.463. The lowest BCUT2D eigenvalue weighted by Crippen LogP contribution is -2.35. The Labute approximate surface area is 127 Å². The lowest BCUT2D eigenvalue weighted by Gasteiger charge is -2.11. The van der Waals surface area contributed by atoms with Gasteiger partial charge in [-0.25, -0.2) is 4.79 Å². The fourth-order valence-corrected chi connectivity index (χ4v) is 1.61. The maximum atomic E-state index is 11.7. The zero-order valence-corrected chi connectivity index (χ0v) is 12.6. The predicted octanol–water partition coefficient (Wildman–Crippen LogP) is 1.68. The van der Waals surface area contributed by atoms with Gasteiger partial charge in [0.05, 0.1) is 6.61 Å². The Kier molecular flexibility index (Phi) is 11.6. The zero-order chi connectivity index (χ0) is 15.9. The number of hydrogen-bond acceptors (Lipinski definition) is 3. The molecule has 0 bridgehead atoms. The number of carbonyl (C=O) groups is 2. The van der Waals surface area contributed by atoms with Crippen LogP contribution in [0.15, 0.2) is 0 Å². The molecule has 0 fully saturated rings. The second-order valence-corrected chi connectivity index (χ2v) is 4.65. The molecule has 0 aromatic heterocycles. The van der Waals surface area contributed by atoms with Gasteiger partial charge in [-0.05, 0) is 12.3 Å². The molecule has 0 rings (SSSR count). The van der Waals surface area contributed by atoms with Crippen LogP contribution in [0.3, 0.4) is 0 Å². The first kappa shape index (κ1) is 18.9. The van der Waals surface area contributed by atoms with Crippen LogP contribution in [0, 0.1) is 30.6 Å². The first-order valence-electron chi connectivity index (χ1n) is 7.18. The Morgan fingerprint density at radius 2 is 1.76 bits per heavy atom. The molecule has 0 saturated heterocycles. The van der Waals surface area contributed by atoms with E-state index in [-0.39, 0.29) is 11.8 Å². The van der Waals surface area contributed by atoms with Gasteiger partial charge < -0.3 is 15.4 Å². The van der Waals surface area contributed by atoms with Crippen molar-refractivity contribution in [3.8, 4) is 24.7 Å². The van der Waals surface area contributed by atoms with Crippen LogP contribution in [-0.4, -0.2) is 31.7 Å². The molecule has 0 radical (unpaired) electrons. The summed E-state index contributed by atoms with van der Waals surface area (Å²) in [5.74, 6) is 4.92. The van der Waals surface area contributed by atoms with E-state index in [2.05, 4.69) is 22.5 Å². The van der Waals surface area contributed by atoms with E-state index < -0.39 is 6.09 Å². The van der Waals surface area contributed by atoms with Gasteiger partial charge in [0.15, 0.2) is 0 Å². The Morgan fingerprint density at radius 3 is 2.33 bits per heavy atom. The van der Waals surface area contributed by atoms with Gasteiger partial charge >= 0.3 is 6.09 Å². The number of rotatable bonds is 10. The number of terminal acetylenes is 2. The van der Waals surface area contributed by atoms with Crippen molar-refractivity contribution in [2.24, 2.45) is 5.92 Å². The summed E-state index contributed by atoms with van der Waals surface area (Å²) in [5, 5.41) is 5.27. The van der Waals surface area contributed by atoms with Crippen molar-refractivity contribution < 1.29 is 14.3 Å². The van der Waals surface area contributed by atoms with Crippen LogP contribution in [-0.2, 0) is 9.53 Å². The third-order valence-electron chi connectivity index (χ3n) is 2.73. The van der Waals surface area contributed by atoms with Crippen LogP contribution in [0.2, 0.25) is 0 Å². The van der Waals surface area contributed by atoms with E-state index in [1.807, 2.05) is 6.92 Å². The summed E-state index contributed by atoms with van der Waals surface area (Å²) < 4.78 is 4.91.